The molecule has 0 aliphatic carbocycles. The number of carboxylic acid groups (broad SMARTS) is 1. The second-order valence-corrected chi connectivity index (χ2v) is 4.45. The van der Waals surface area contributed by atoms with Crippen molar-refractivity contribution in [3.8, 4) is 0 Å². The van der Waals surface area contributed by atoms with Gasteiger partial charge < -0.3 is 10.0 Å². The summed E-state index contributed by atoms with van der Waals surface area (Å²) in [6, 6.07) is 5.11. The first-order valence-corrected chi connectivity index (χ1v) is 5.97. The van der Waals surface area contributed by atoms with E-state index in [1.807, 2.05) is 0 Å². The van der Waals surface area contributed by atoms with E-state index in [4.69, 9.17) is 16.7 Å². The maximum absolute atomic E-state index is 12.3. The molecule has 0 aliphatic heterocycles. The minimum absolute atomic E-state index is 0.228. The van der Waals surface area contributed by atoms with Crippen molar-refractivity contribution in [2.24, 2.45) is 0 Å². The lowest BCUT2D eigenvalue weighted by Crippen LogP contribution is -2.45. The third kappa shape index (κ3) is 4.65. The average Bonchev–Trinajstić information content (AvgIpc) is 2.34. The van der Waals surface area contributed by atoms with Crippen LogP contribution in [-0.2, 0) is 4.79 Å². The van der Waals surface area contributed by atoms with Gasteiger partial charge in [-0.1, -0.05) is 17.7 Å². The summed E-state index contributed by atoms with van der Waals surface area (Å²) in [5.41, 5.74) is 0.228. The molecule has 5 nitrogen and oxygen atoms in total. The molecule has 0 bridgehead atoms. The Kier molecular flexibility index (Phi) is 5.69. The van der Waals surface area contributed by atoms with Crippen LogP contribution >= 0.6 is 11.6 Å². The number of hydrogen-bond donors (Lipinski definition) is 1. The molecule has 0 heterocycles. The van der Waals surface area contributed by atoms with Gasteiger partial charge in [-0.15, -0.1) is 0 Å². The van der Waals surface area contributed by atoms with Crippen LogP contribution in [0, 0.1) is 0 Å². The molecule has 0 saturated heterocycles. The van der Waals surface area contributed by atoms with Crippen molar-refractivity contribution in [1.82, 2.24) is 4.90 Å². The Balaban J connectivity index is 3.00. The number of carboxylic acids is 1. The zero-order chi connectivity index (χ0) is 15.3. The molecule has 20 heavy (non-hydrogen) atoms. The molecule has 1 aromatic carbocycles. The fraction of sp³-hybridized carbons (Fsp3) is 0.333. The first kappa shape index (κ1) is 16.2. The fourth-order valence-electron chi connectivity index (χ4n) is 1.54. The van der Waals surface area contributed by atoms with Crippen molar-refractivity contribution in [2.75, 3.05) is 25.0 Å². The van der Waals surface area contributed by atoms with Gasteiger partial charge in [0.1, 0.15) is 6.54 Å². The summed E-state index contributed by atoms with van der Waals surface area (Å²) in [4.78, 5) is 24.5. The molecule has 0 aromatic heterocycles. The lowest BCUT2D eigenvalue weighted by Gasteiger charge is -2.27. The van der Waals surface area contributed by atoms with Gasteiger partial charge in [0.05, 0.1) is 6.54 Å². The van der Waals surface area contributed by atoms with Crippen LogP contribution in [0.1, 0.15) is 0 Å². The highest BCUT2D eigenvalue weighted by Gasteiger charge is 2.24. The Morgan fingerprint density at radius 2 is 2.05 bits per heavy atom. The summed E-state index contributed by atoms with van der Waals surface area (Å²) >= 11 is 5.78. The summed E-state index contributed by atoms with van der Waals surface area (Å²) in [7, 11) is 1.17. The summed E-state index contributed by atoms with van der Waals surface area (Å²) < 4.78 is 24.6. The van der Waals surface area contributed by atoms with Crippen molar-refractivity contribution in [3.05, 3.63) is 29.3 Å². The van der Waals surface area contributed by atoms with Crippen molar-refractivity contribution in [1.29, 1.82) is 0 Å². The Labute approximate surface area is 119 Å². The second-order valence-electron chi connectivity index (χ2n) is 4.01. The minimum atomic E-state index is -2.70. The van der Waals surface area contributed by atoms with Gasteiger partial charge in [0.15, 0.2) is 0 Å². The lowest BCUT2D eigenvalue weighted by molar-refractivity contribution is -0.135. The number of hydrogen-bond acceptors (Lipinski definition) is 2. The predicted molar refractivity (Wildman–Crippen MR) is 70.5 cm³/mol. The van der Waals surface area contributed by atoms with Crippen LogP contribution < -0.4 is 4.90 Å². The van der Waals surface area contributed by atoms with Crippen molar-refractivity contribution in [2.45, 2.75) is 6.43 Å². The van der Waals surface area contributed by atoms with Gasteiger partial charge in [0, 0.05) is 17.8 Å². The van der Waals surface area contributed by atoms with Crippen LogP contribution in [0.25, 0.3) is 0 Å². The number of amides is 2. The number of anilines is 1. The van der Waals surface area contributed by atoms with E-state index in [9.17, 15) is 18.4 Å². The quantitative estimate of drug-likeness (QED) is 0.909. The molecule has 1 aromatic rings. The highest BCUT2D eigenvalue weighted by molar-refractivity contribution is 6.30. The third-order valence-corrected chi connectivity index (χ3v) is 2.62. The molecule has 0 unspecified atom stereocenters. The molecule has 1 rings (SSSR count). The van der Waals surface area contributed by atoms with Crippen LogP contribution in [0.3, 0.4) is 0 Å². The van der Waals surface area contributed by atoms with E-state index in [0.29, 0.717) is 5.02 Å². The van der Waals surface area contributed by atoms with Crippen LogP contribution in [0.5, 0.6) is 0 Å². The Morgan fingerprint density at radius 3 is 2.55 bits per heavy atom. The molecular weight excluding hydrogens is 294 g/mol. The summed E-state index contributed by atoms with van der Waals surface area (Å²) in [5, 5.41) is 9.14. The van der Waals surface area contributed by atoms with Crippen molar-refractivity contribution < 1.29 is 23.5 Å². The zero-order valence-electron chi connectivity index (χ0n) is 10.6. The molecule has 0 saturated carbocycles. The van der Waals surface area contributed by atoms with Gasteiger partial charge in [-0.25, -0.2) is 13.6 Å². The largest absolute Gasteiger partial charge is 0.480 e. The topological polar surface area (TPSA) is 60.9 Å². The number of carbonyl (C=O) groups excluding carboxylic acids is 1. The maximum atomic E-state index is 12.3. The van der Waals surface area contributed by atoms with Crippen molar-refractivity contribution >= 4 is 29.3 Å². The van der Waals surface area contributed by atoms with Gasteiger partial charge >= 0.3 is 12.0 Å². The van der Waals surface area contributed by atoms with Gasteiger partial charge in [0.25, 0.3) is 6.43 Å². The first-order chi connectivity index (χ1) is 9.31. The minimum Gasteiger partial charge on any atom is -0.480 e. The molecule has 2 amide bonds. The highest BCUT2D eigenvalue weighted by Crippen LogP contribution is 2.20. The SMILES string of the molecule is CN(CC(F)F)C(=O)N(CC(=O)O)c1cccc(Cl)c1. The third-order valence-electron chi connectivity index (χ3n) is 2.38. The number of rotatable bonds is 5. The number of alkyl halides is 2. The van der Waals surface area contributed by atoms with Gasteiger partial charge in [0.2, 0.25) is 0 Å². The molecule has 0 fully saturated rings. The van der Waals surface area contributed by atoms with E-state index in [0.717, 1.165) is 9.80 Å². The summed E-state index contributed by atoms with van der Waals surface area (Å²) in [6.45, 7) is -1.43. The van der Waals surface area contributed by atoms with Crippen LogP contribution in [-0.4, -0.2) is 48.6 Å². The molecule has 0 atom stereocenters. The molecule has 1 N–H and O–H groups in total. The molecule has 110 valence electrons. The number of halogens is 3. The van der Waals surface area contributed by atoms with Crippen LogP contribution in [0.4, 0.5) is 19.3 Å². The lowest BCUT2D eigenvalue weighted by atomic mass is 10.3. The number of carbonyl (C=O) groups is 2. The Morgan fingerprint density at radius 1 is 1.40 bits per heavy atom. The molecule has 0 radical (unpaired) electrons. The normalized spacial score (nSPS) is 10.4. The number of nitrogens with zero attached hydrogens (tertiary/aromatic N) is 2. The van der Waals surface area contributed by atoms with Crippen LogP contribution in [0.2, 0.25) is 5.02 Å². The van der Waals surface area contributed by atoms with E-state index >= 15 is 0 Å². The van der Waals surface area contributed by atoms with Gasteiger partial charge in [-0.05, 0) is 18.2 Å². The number of aliphatic carboxylic acids is 1. The monoisotopic (exact) mass is 306 g/mol. The molecule has 0 aliphatic rings. The molecule has 8 heteroatoms. The standard InChI is InChI=1S/C12H13ClF2N2O3/c1-16(6-10(14)15)12(20)17(7-11(18)19)9-4-2-3-8(13)5-9/h2-5,10H,6-7H2,1H3,(H,18,19). The summed E-state index contributed by atoms with van der Waals surface area (Å²) in [5.74, 6) is -1.26. The van der Waals surface area contributed by atoms with Gasteiger partial charge in [-0.3, -0.25) is 9.69 Å². The van der Waals surface area contributed by atoms with E-state index in [-0.39, 0.29) is 5.69 Å². The summed E-state index contributed by atoms with van der Waals surface area (Å²) in [6.07, 6.45) is -2.70. The van der Waals surface area contributed by atoms with E-state index in [1.54, 1.807) is 6.07 Å². The maximum Gasteiger partial charge on any atom is 0.324 e. The van der Waals surface area contributed by atoms with E-state index in [2.05, 4.69) is 0 Å². The van der Waals surface area contributed by atoms with Gasteiger partial charge in [-0.2, -0.15) is 0 Å². The predicted octanol–water partition coefficient (Wildman–Crippen LogP) is 2.55. The zero-order valence-corrected chi connectivity index (χ0v) is 11.3. The Bertz CT molecular complexity index is 499. The number of urea groups is 1. The molecular formula is C12H13ClF2N2O3. The highest BCUT2D eigenvalue weighted by atomic mass is 35.5. The number of benzene rings is 1. The average molecular weight is 307 g/mol. The Hall–Kier alpha value is -1.89. The second kappa shape index (κ2) is 7.04. The fourth-order valence-corrected chi connectivity index (χ4v) is 1.72. The van der Waals surface area contributed by atoms with Crippen molar-refractivity contribution in [3.63, 3.8) is 0 Å². The molecule has 0 spiro atoms. The first-order valence-electron chi connectivity index (χ1n) is 5.59. The van der Waals surface area contributed by atoms with Crippen LogP contribution in [0.15, 0.2) is 24.3 Å². The van der Waals surface area contributed by atoms with E-state index < -0.39 is 31.5 Å². The van der Waals surface area contributed by atoms with E-state index in [1.165, 1.54) is 25.2 Å². The smallest absolute Gasteiger partial charge is 0.324 e.